The number of aromatic nitrogens is 1. The lowest BCUT2D eigenvalue weighted by Gasteiger charge is -2.07. The van der Waals surface area contributed by atoms with Gasteiger partial charge in [-0.3, -0.25) is 0 Å². The van der Waals surface area contributed by atoms with Crippen molar-refractivity contribution in [2.24, 2.45) is 0 Å². The molecule has 6 nitrogen and oxygen atoms in total. The maximum atomic E-state index is 12.4. The second-order valence-electron chi connectivity index (χ2n) is 8.08. The predicted molar refractivity (Wildman–Crippen MR) is 132 cm³/mol. The molecule has 7 heteroatoms. The molecule has 0 saturated carbocycles. The molecule has 0 N–H and O–H groups in total. The predicted octanol–water partition coefficient (Wildman–Crippen LogP) is 5.91. The molecule has 0 radical (unpaired) electrons. The summed E-state index contributed by atoms with van der Waals surface area (Å²) in [6.07, 6.45) is 9.73. The molecule has 0 fully saturated rings. The Kier molecular flexibility index (Phi) is 9.24. The van der Waals surface area contributed by atoms with Crippen LogP contribution in [0, 0.1) is 0 Å². The van der Waals surface area contributed by atoms with Crippen LogP contribution >= 0.6 is 0 Å². The number of ether oxygens (including phenoxy) is 1. The molecule has 1 aromatic carbocycles. The number of unbranched alkanes of at least 4 members (excludes halogenated alkanes) is 7. The van der Waals surface area contributed by atoms with Crippen molar-refractivity contribution < 1.29 is 17.6 Å². The van der Waals surface area contributed by atoms with Gasteiger partial charge in [0, 0.05) is 23.1 Å². The van der Waals surface area contributed by atoms with Gasteiger partial charge in [-0.2, -0.15) is 0 Å². The number of pyridine rings is 1. The third-order valence-corrected chi connectivity index (χ3v) is 6.87. The highest BCUT2D eigenvalue weighted by molar-refractivity contribution is 7.94. The van der Waals surface area contributed by atoms with Crippen LogP contribution in [0.15, 0.2) is 69.9 Å². The molecule has 3 aromatic rings. The average molecular weight is 470 g/mol. The summed E-state index contributed by atoms with van der Waals surface area (Å²) in [5.74, 6) is 0.654. The lowest BCUT2D eigenvalue weighted by atomic mass is 10.1. The van der Waals surface area contributed by atoms with Crippen molar-refractivity contribution in [2.45, 2.75) is 51.4 Å². The molecule has 33 heavy (non-hydrogen) atoms. The Morgan fingerprint density at radius 2 is 1.61 bits per heavy atom. The number of fused-ring (bicyclic) bond motifs is 1. The summed E-state index contributed by atoms with van der Waals surface area (Å²) in [6.45, 7) is 3.89. The monoisotopic (exact) mass is 469 g/mol. The van der Waals surface area contributed by atoms with Crippen LogP contribution in [0.2, 0.25) is 0 Å². The van der Waals surface area contributed by atoms with E-state index in [1.807, 2.05) is 30.3 Å². The fourth-order valence-corrected chi connectivity index (χ4v) is 4.39. The van der Waals surface area contributed by atoms with Crippen LogP contribution in [0.25, 0.3) is 22.1 Å². The second kappa shape index (κ2) is 12.3. The molecular formula is C26H31NO5S. The Bertz CT molecular complexity index is 1200. The average Bonchev–Trinajstić information content (AvgIpc) is 2.82. The lowest BCUT2D eigenvalue weighted by Crippen LogP contribution is -2.03. The largest absolute Gasteiger partial charge is 0.478 e. The summed E-state index contributed by atoms with van der Waals surface area (Å²) in [6, 6.07) is 12.9. The molecule has 0 atom stereocenters. The molecule has 0 amide bonds. The van der Waals surface area contributed by atoms with Gasteiger partial charge < -0.3 is 9.15 Å². The van der Waals surface area contributed by atoms with E-state index in [0.29, 0.717) is 30.1 Å². The molecule has 0 unspecified atom stereocenters. The minimum atomic E-state index is -3.05. The zero-order chi connectivity index (χ0) is 23.5. The third kappa shape index (κ3) is 7.86. The molecule has 0 saturated heterocycles. The zero-order valence-corrected chi connectivity index (χ0v) is 19.7. The Morgan fingerprint density at radius 3 is 2.30 bits per heavy atom. The third-order valence-electron chi connectivity index (χ3n) is 5.50. The minimum absolute atomic E-state index is 0.203. The van der Waals surface area contributed by atoms with E-state index in [-0.39, 0.29) is 11.4 Å². The van der Waals surface area contributed by atoms with Gasteiger partial charge in [-0.25, -0.2) is 18.2 Å². The summed E-state index contributed by atoms with van der Waals surface area (Å²) in [4.78, 5) is 16.7. The number of hydrogen-bond acceptors (Lipinski definition) is 6. The Morgan fingerprint density at radius 1 is 0.939 bits per heavy atom. The van der Waals surface area contributed by atoms with Crippen molar-refractivity contribution in [3.8, 4) is 17.0 Å². The van der Waals surface area contributed by atoms with Gasteiger partial charge in [-0.15, -0.1) is 0 Å². The van der Waals surface area contributed by atoms with Gasteiger partial charge in [0.05, 0.1) is 17.9 Å². The minimum Gasteiger partial charge on any atom is -0.478 e. The first-order chi connectivity index (χ1) is 16.0. The first-order valence-corrected chi connectivity index (χ1v) is 13.2. The van der Waals surface area contributed by atoms with E-state index in [1.165, 1.54) is 0 Å². The van der Waals surface area contributed by atoms with Gasteiger partial charge >= 0.3 is 5.63 Å². The fraction of sp³-hybridized carbons (Fsp3) is 0.385. The Labute approximate surface area is 195 Å². The standard InChI is InChI=1S/C26H31NO5S/c1-2-33(29,30)17-13-8-6-4-3-5-7-12-16-31-25-19-24-22(20-27-25)18-23(26(28)32-24)21-14-10-9-11-15-21/h2,9-11,14-15,18-20H,1,3-8,12-13,16-17H2. The van der Waals surface area contributed by atoms with Crippen LogP contribution in [-0.2, 0) is 9.84 Å². The van der Waals surface area contributed by atoms with Crippen molar-refractivity contribution >= 4 is 20.8 Å². The van der Waals surface area contributed by atoms with E-state index in [2.05, 4.69) is 11.6 Å². The molecular weight excluding hydrogens is 438 g/mol. The number of benzene rings is 1. The molecule has 0 aliphatic rings. The van der Waals surface area contributed by atoms with Gasteiger partial charge in [0.25, 0.3) is 0 Å². The van der Waals surface area contributed by atoms with Gasteiger partial charge in [-0.1, -0.05) is 75.4 Å². The van der Waals surface area contributed by atoms with Crippen molar-refractivity contribution in [3.05, 3.63) is 71.1 Å². The number of sulfone groups is 1. The van der Waals surface area contributed by atoms with Crippen molar-refractivity contribution in [3.63, 3.8) is 0 Å². The van der Waals surface area contributed by atoms with E-state index in [1.54, 1.807) is 18.3 Å². The van der Waals surface area contributed by atoms with E-state index in [9.17, 15) is 13.2 Å². The first kappa shape index (κ1) is 24.7. The SMILES string of the molecule is C=CS(=O)(=O)CCCCCCCCCCOc1cc2oc(=O)c(-c3ccccc3)cc2cn1. The molecule has 0 aliphatic carbocycles. The molecule has 2 heterocycles. The molecule has 0 bridgehead atoms. The Hall–Kier alpha value is -2.93. The molecule has 0 spiro atoms. The van der Waals surface area contributed by atoms with Crippen LogP contribution in [0.1, 0.15) is 51.4 Å². The van der Waals surface area contributed by atoms with Gasteiger partial charge in [-0.05, 0) is 24.5 Å². The van der Waals surface area contributed by atoms with Crippen LogP contribution in [0.3, 0.4) is 0 Å². The highest BCUT2D eigenvalue weighted by Gasteiger charge is 2.09. The molecule has 2 aromatic heterocycles. The zero-order valence-electron chi connectivity index (χ0n) is 18.9. The van der Waals surface area contributed by atoms with Crippen molar-refractivity contribution in [1.29, 1.82) is 0 Å². The lowest BCUT2D eigenvalue weighted by molar-refractivity contribution is 0.293. The summed E-state index contributed by atoms with van der Waals surface area (Å²) >= 11 is 0. The highest BCUT2D eigenvalue weighted by atomic mass is 32.2. The molecule has 3 rings (SSSR count). The van der Waals surface area contributed by atoms with Crippen LogP contribution in [-0.4, -0.2) is 25.8 Å². The van der Waals surface area contributed by atoms with Crippen molar-refractivity contribution in [1.82, 2.24) is 4.98 Å². The topological polar surface area (TPSA) is 86.5 Å². The van der Waals surface area contributed by atoms with Gasteiger partial charge in [0.2, 0.25) is 5.88 Å². The van der Waals surface area contributed by atoms with Gasteiger partial charge in [0.1, 0.15) is 5.58 Å². The van der Waals surface area contributed by atoms with Crippen molar-refractivity contribution in [2.75, 3.05) is 12.4 Å². The number of rotatable bonds is 14. The summed E-state index contributed by atoms with van der Waals surface area (Å²) in [7, 11) is -3.05. The van der Waals surface area contributed by atoms with E-state index in [0.717, 1.165) is 61.3 Å². The van der Waals surface area contributed by atoms with Crippen LogP contribution in [0.4, 0.5) is 0 Å². The quantitative estimate of drug-likeness (QED) is 0.273. The van der Waals surface area contributed by atoms with Gasteiger partial charge in [0.15, 0.2) is 9.84 Å². The maximum Gasteiger partial charge on any atom is 0.344 e. The molecule has 176 valence electrons. The van der Waals surface area contributed by atoms with E-state index in [4.69, 9.17) is 9.15 Å². The summed E-state index contributed by atoms with van der Waals surface area (Å²) in [5.41, 5.74) is 1.41. The smallest absolute Gasteiger partial charge is 0.344 e. The van der Waals surface area contributed by atoms with Crippen LogP contribution in [0.5, 0.6) is 5.88 Å². The number of nitrogens with zero attached hydrogens (tertiary/aromatic N) is 1. The highest BCUT2D eigenvalue weighted by Crippen LogP contribution is 2.22. The van der Waals surface area contributed by atoms with Crippen LogP contribution < -0.4 is 10.4 Å². The molecule has 0 aliphatic heterocycles. The summed E-state index contributed by atoms with van der Waals surface area (Å²) < 4.78 is 33.9. The maximum absolute atomic E-state index is 12.4. The van der Waals surface area contributed by atoms with E-state index >= 15 is 0 Å². The van der Waals surface area contributed by atoms with E-state index < -0.39 is 9.84 Å². The normalized spacial score (nSPS) is 11.5. The summed E-state index contributed by atoms with van der Waals surface area (Å²) in [5, 5.41) is 1.79. The Balaban J connectivity index is 1.35. The fourth-order valence-electron chi connectivity index (χ4n) is 3.62. The first-order valence-electron chi connectivity index (χ1n) is 11.5. The second-order valence-corrected chi connectivity index (χ2v) is 10.2. The number of hydrogen-bond donors (Lipinski definition) is 0.